The number of rotatable bonds is 16. The average Bonchev–Trinajstić information content (AvgIpc) is 2.91. The fourth-order valence-corrected chi connectivity index (χ4v) is 4.68. The van der Waals surface area contributed by atoms with Crippen LogP contribution in [0.5, 0.6) is 28.7 Å². The largest absolute Gasteiger partial charge is 0.493 e. The summed E-state index contributed by atoms with van der Waals surface area (Å²) in [6.07, 6.45) is 4.99. The van der Waals surface area contributed by atoms with E-state index in [1.807, 2.05) is 30.3 Å². The Kier molecular flexibility index (Phi) is 11.2. The van der Waals surface area contributed by atoms with E-state index in [9.17, 15) is 10.1 Å². The summed E-state index contributed by atoms with van der Waals surface area (Å²) >= 11 is 0. The number of carbonyl (C=O) groups excluding carboxylic acids is 1. The summed E-state index contributed by atoms with van der Waals surface area (Å²) in [4.78, 5) is 11.4. The molecule has 0 aromatic heterocycles. The molecule has 0 fully saturated rings. The SMILES string of the molecule is CCC[C@@](C#N)(CCC[C@H](Cc1cc(OC)c(OC)c(OC)c1)NC=O)c1ccc(OC)c(OC)c1. The quantitative estimate of drug-likeness (QED) is 0.331. The van der Waals surface area contributed by atoms with Gasteiger partial charge >= 0.3 is 0 Å². The lowest BCUT2D eigenvalue weighted by Gasteiger charge is -2.28. The van der Waals surface area contributed by atoms with Crippen LogP contribution in [-0.2, 0) is 16.6 Å². The minimum Gasteiger partial charge on any atom is -0.493 e. The number of hydrogen-bond donors (Lipinski definition) is 1. The van der Waals surface area contributed by atoms with Crippen molar-refractivity contribution in [1.29, 1.82) is 5.26 Å². The van der Waals surface area contributed by atoms with Gasteiger partial charge in [0.05, 0.1) is 47.0 Å². The van der Waals surface area contributed by atoms with Crippen LogP contribution < -0.4 is 29.0 Å². The van der Waals surface area contributed by atoms with Crippen molar-refractivity contribution in [1.82, 2.24) is 5.32 Å². The molecule has 2 aromatic carbocycles. The highest BCUT2D eigenvalue weighted by Crippen LogP contribution is 2.40. The standard InChI is InChI=1S/C28H38N2O6/c1-7-12-28(18-29,21-10-11-23(32-2)24(17-21)33-3)13-8-9-22(30-19-31)14-20-15-25(34-4)27(36-6)26(16-20)35-5/h10-11,15-17,19,22H,7-9,12-14H2,1-6H3,(H,30,31)/t22-,28+/m1/s1. The Labute approximate surface area is 214 Å². The third kappa shape index (κ3) is 6.75. The summed E-state index contributed by atoms with van der Waals surface area (Å²) in [6.45, 7) is 2.08. The zero-order chi connectivity index (χ0) is 26.6. The van der Waals surface area contributed by atoms with E-state index in [0.717, 1.165) is 36.8 Å². The topological polar surface area (TPSA) is 99.0 Å². The number of benzene rings is 2. The highest BCUT2D eigenvalue weighted by atomic mass is 16.5. The van der Waals surface area contributed by atoms with E-state index in [0.29, 0.717) is 48.0 Å². The number of hydrogen-bond acceptors (Lipinski definition) is 7. The third-order valence-corrected chi connectivity index (χ3v) is 6.49. The molecule has 0 aliphatic heterocycles. The van der Waals surface area contributed by atoms with E-state index in [1.165, 1.54) is 0 Å². The molecule has 2 aromatic rings. The number of methoxy groups -OCH3 is 5. The van der Waals surface area contributed by atoms with E-state index in [-0.39, 0.29) is 6.04 Å². The number of nitrogens with one attached hydrogen (secondary N) is 1. The predicted octanol–water partition coefficient (Wildman–Crippen LogP) is 4.82. The van der Waals surface area contributed by atoms with E-state index in [2.05, 4.69) is 18.3 Å². The monoisotopic (exact) mass is 498 g/mol. The zero-order valence-corrected chi connectivity index (χ0v) is 22.2. The Hall–Kier alpha value is -3.60. The molecule has 2 rings (SSSR count). The first-order chi connectivity index (χ1) is 17.4. The zero-order valence-electron chi connectivity index (χ0n) is 22.2. The Morgan fingerprint density at radius 2 is 1.56 bits per heavy atom. The highest BCUT2D eigenvalue weighted by molar-refractivity contribution is 5.54. The summed E-state index contributed by atoms with van der Waals surface area (Å²) < 4.78 is 27.2. The molecule has 2 atom stereocenters. The highest BCUT2D eigenvalue weighted by Gasteiger charge is 2.32. The molecule has 8 heteroatoms. The van der Waals surface area contributed by atoms with Crippen LogP contribution in [0.1, 0.15) is 50.2 Å². The summed E-state index contributed by atoms with van der Waals surface area (Å²) in [5.41, 5.74) is 1.20. The van der Waals surface area contributed by atoms with Crippen molar-refractivity contribution in [3.8, 4) is 34.8 Å². The molecule has 0 heterocycles. The smallest absolute Gasteiger partial charge is 0.207 e. The summed E-state index contributed by atoms with van der Waals surface area (Å²) in [6, 6.07) is 11.9. The minimum absolute atomic E-state index is 0.117. The molecular weight excluding hydrogens is 460 g/mol. The molecule has 1 amide bonds. The predicted molar refractivity (Wildman–Crippen MR) is 138 cm³/mol. The van der Waals surface area contributed by atoms with Gasteiger partial charge in [0.1, 0.15) is 0 Å². The van der Waals surface area contributed by atoms with Crippen LogP contribution >= 0.6 is 0 Å². The van der Waals surface area contributed by atoms with Crippen LogP contribution in [0.3, 0.4) is 0 Å². The van der Waals surface area contributed by atoms with Crippen LogP contribution in [0.4, 0.5) is 0 Å². The van der Waals surface area contributed by atoms with Crippen molar-refractivity contribution in [2.45, 2.75) is 56.9 Å². The second-order valence-corrected chi connectivity index (χ2v) is 8.63. The third-order valence-electron chi connectivity index (χ3n) is 6.49. The Balaban J connectivity index is 2.23. The number of ether oxygens (including phenoxy) is 5. The van der Waals surface area contributed by atoms with E-state index in [1.54, 1.807) is 35.5 Å². The fourth-order valence-electron chi connectivity index (χ4n) is 4.68. The number of nitriles is 1. The van der Waals surface area contributed by atoms with Crippen molar-refractivity contribution in [3.05, 3.63) is 41.5 Å². The van der Waals surface area contributed by atoms with E-state index >= 15 is 0 Å². The van der Waals surface area contributed by atoms with Crippen molar-refractivity contribution in [2.75, 3.05) is 35.5 Å². The molecule has 36 heavy (non-hydrogen) atoms. The van der Waals surface area contributed by atoms with Gasteiger partial charge in [-0.05, 0) is 67.5 Å². The molecule has 0 saturated heterocycles. The summed E-state index contributed by atoms with van der Waals surface area (Å²) in [5, 5.41) is 13.2. The Bertz CT molecular complexity index is 1010. The normalized spacial score (nSPS) is 13.0. The van der Waals surface area contributed by atoms with Gasteiger partial charge < -0.3 is 29.0 Å². The molecule has 0 spiro atoms. The van der Waals surface area contributed by atoms with Gasteiger partial charge in [0, 0.05) is 6.04 Å². The molecule has 0 aliphatic carbocycles. The molecule has 8 nitrogen and oxygen atoms in total. The lowest BCUT2D eigenvalue weighted by atomic mass is 9.74. The number of nitrogens with zero attached hydrogens (tertiary/aromatic N) is 1. The van der Waals surface area contributed by atoms with Gasteiger partial charge in [0.25, 0.3) is 0 Å². The van der Waals surface area contributed by atoms with Gasteiger partial charge in [-0.15, -0.1) is 0 Å². The van der Waals surface area contributed by atoms with Crippen LogP contribution in [0.25, 0.3) is 0 Å². The lowest BCUT2D eigenvalue weighted by molar-refractivity contribution is -0.110. The molecule has 196 valence electrons. The summed E-state index contributed by atoms with van der Waals surface area (Å²) in [5.74, 6) is 2.89. The minimum atomic E-state index is -0.660. The first-order valence-corrected chi connectivity index (χ1v) is 12.1. The Morgan fingerprint density at radius 3 is 2.06 bits per heavy atom. The van der Waals surface area contributed by atoms with Crippen molar-refractivity contribution in [2.24, 2.45) is 0 Å². The van der Waals surface area contributed by atoms with Gasteiger partial charge in [0.15, 0.2) is 23.0 Å². The lowest BCUT2D eigenvalue weighted by Crippen LogP contribution is -2.31. The van der Waals surface area contributed by atoms with Crippen LogP contribution in [0.15, 0.2) is 30.3 Å². The van der Waals surface area contributed by atoms with Crippen LogP contribution in [0, 0.1) is 11.3 Å². The molecule has 0 saturated carbocycles. The van der Waals surface area contributed by atoms with Crippen molar-refractivity contribution < 1.29 is 28.5 Å². The molecule has 0 unspecified atom stereocenters. The molecule has 0 bridgehead atoms. The maximum atomic E-state index is 11.4. The van der Waals surface area contributed by atoms with Crippen molar-refractivity contribution >= 4 is 6.41 Å². The van der Waals surface area contributed by atoms with Gasteiger partial charge in [-0.3, -0.25) is 4.79 Å². The first kappa shape index (κ1) is 28.6. The maximum Gasteiger partial charge on any atom is 0.207 e. The maximum absolute atomic E-state index is 11.4. The average molecular weight is 499 g/mol. The van der Waals surface area contributed by atoms with Crippen molar-refractivity contribution in [3.63, 3.8) is 0 Å². The van der Waals surface area contributed by atoms with Crippen LogP contribution in [-0.4, -0.2) is 48.0 Å². The van der Waals surface area contributed by atoms with Gasteiger partial charge in [0.2, 0.25) is 12.2 Å². The molecular formula is C28H38N2O6. The molecule has 1 N–H and O–H groups in total. The van der Waals surface area contributed by atoms with E-state index < -0.39 is 5.41 Å². The fraction of sp³-hybridized carbons (Fsp3) is 0.500. The number of amides is 1. The van der Waals surface area contributed by atoms with Gasteiger partial charge in [-0.25, -0.2) is 0 Å². The molecule has 0 aliphatic rings. The van der Waals surface area contributed by atoms with Gasteiger partial charge in [-0.2, -0.15) is 5.26 Å². The summed E-state index contributed by atoms with van der Waals surface area (Å²) in [7, 11) is 7.90. The van der Waals surface area contributed by atoms with Gasteiger partial charge in [-0.1, -0.05) is 19.4 Å². The first-order valence-electron chi connectivity index (χ1n) is 12.1. The second kappa shape index (κ2) is 14.1. The second-order valence-electron chi connectivity index (χ2n) is 8.63. The van der Waals surface area contributed by atoms with Crippen LogP contribution in [0.2, 0.25) is 0 Å². The van der Waals surface area contributed by atoms with E-state index in [4.69, 9.17) is 23.7 Å². The molecule has 0 radical (unpaired) electrons. The number of carbonyl (C=O) groups is 1. The Morgan fingerprint density at radius 1 is 0.917 bits per heavy atom.